The van der Waals surface area contributed by atoms with Crippen LogP contribution in [-0.2, 0) is 0 Å². The zero-order chi connectivity index (χ0) is 19.0. The molecule has 0 amide bonds. The number of hydrogen-bond donors (Lipinski definition) is 2. The van der Waals surface area contributed by atoms with E-state index in [2.05, 4.69) is 52.4 Å². The van der Waals surface area contributed by atoms with Gasteiger partial charge in [-0.2, -0.15) is 4.98 Å². The van der Waals surface area contributed by atoms with Gasteiger partial charge in [0.15, 0.2) is 11.9 Å². The molecule has 138 valence electrons. The van der Waals surface area contributed by atoms with Crippen molar-refractivity contribution in [2.45, 2.75) is 18.3 Å². The van der Waals surface area contributed by atoms with Crippen LogP contribution in [0.4, 0.5) is 5.69 Å². The molecule has 2 heterocycles. The summed E-state index contributed by atoms with van der Waals surface area (Å²) in [4.78, 5) is 4.55. The Morgan fingerprint density at radius 1 is 1.19 bits per heavy atom. The standard InChI is InChI=1S/C18H14Br2N4O2S/c1-2-27-18-22-17-14(23-24-18)10-5-3-4-6-13(10)21-16(26-17)9-7-11(19)15(25)12(20)8-9/h3-8,16,21,25H,2H2,1H3/t16-/m0/s1. The number of ether oxygens (including phenoxy) is 1. The smallest absolute Gasteiger partial charge is 0.247 e. The number of phenols is 1. The molecule has 1 aliphatic heterocycles. The van der Waals surface area contributed by atoms with Gasteiger partial charge in [0.2, 0.25) is 11.0 Å². The largest absolute Gasteiger partial charge is 0.506 e. The molecule has 2 aromatic carbocycles. The number of halogens is 2. The van der Waals surface area contributed by atoms with Gasteiger partial charge in [-0.3, -0.25) is 0 Å². The first kappa shape index (κ1) is 18.5. The fraction of sp³-hybridized carbons (Fsp3) is 0.167. The van der Waals surface area contributed by atoms with Crippen molar-refractivity contribution in [1.82, 2.24) is 15.2 Å². The van der Waals surface area contributed by atoms with Crippen molar-refractivity contribution in [2.24, 2.45) is 0 Å². The van der Waals surface area contributed by atoms with Crippen LogP contribution in [0.2, 0.25) is 0 Å². The van der Waals surface area contributed by atoms with Crippen LogP contribution in [0.15, 0.2) is 50.5 Å². The summed E-state index contributed by atoms with van der Waals surface area (Å²) < 4.78 is 7.34. The number of phenolic OH excluding ortho intramolecular Hbond substituents is 1. The minimum atomic E-state index is -0.517. The van der Waals surface area contributed by atoms with Crippen LogP contribution in [0.3, 0.4) is 0 Å². The Labute approximate surface area is 177 Å². The van der Waals surface area contributed by atoms with Gasteiger partial charge < -0.3 is 15.2 Å². The van der Waals surface area contributed by atoms with E-state index in [9.17, 15) is 5.11 Å². The quantitative estimate of drug-likeness (QED) is 0.458. The zero-order valence-electron chi connectivity index (χ0n) is 14.1. The number of nitrogens with zero attached hydrogens (tertiary/aromatic N) is 3. The lowest BCUT2D eigenvalue weighted by Gasteiger charge is -2.20. The number of anilines is 1. The van der Waals surface area contributed by atoms with Crippen molar-refractivity contribution in [3.63, 3.8) is 0 Å². The van der Waals surface area contributed by atoms with E-state index < -0.39 is 6.23 Å². The number of nitrogens with one attached hydrogen (secondary N) is 1. The van der Waals surface area contributed by atoms with E-state index in [0.717, 1.165) is 22.6 Å². The summed E-state index contributed by atoms with van der Waals surface area (Å²) in [6, 6.07) is 11.4. The van der Waals surface area contributed by atoms with E-state index in [1.807, 2.05) is 43.3 Å². The molecular weight excluding hydrogens is 496 g/mol. The van der Waals surface area contributed by atoms with E-state index in [-0.39, 0.29) is 5.75 Å². The van der Waals surface area contributed by atoms with Gasteiger partial charge in [0, 0.05) is 16.8 Å². The van der Waals surface area contributed by atoms with Gasteiger partial charge >= 0.3 is 0 Å². The highest BCUT2D eigenvalue weighted by atomic mass is 79.9. The van der Waals surface area contributed by atoms with Crippen molar-refractivity contribution in [2.75, 3.05) is 11.1 Å². The van der Waals surface area contributed by atoms with Crippen LogP contribution in [0.25, 0.3) is 11.3 Å². The van der Waals surface area contributed by atoms with E-state index in [4.69, 9.17) is 4.74 Å². The minimum absolute atomic E-state index is 0.138. The Balaban J connectivity index is 1.84. The van der Waals surface area contributed by atoms with Gasteiger partial charge in [-0.05, 0) is 55.8 Å². The first-order chi connectivity index (χ1) is 13.1. The van der Waals surface area contributed by atoms with Crippen molar-refractivity contribution in [3.05, 3.63) is 50.9 Å². The van der Waals surface area contributed by atoms with Gasteiger partial charge in [0.1, 0.15) is 5.75 Å². The maximum absolute atomic E-state index is 10.0. The van der Waals surface area contributed by atoms with Gasteiger partial charge in [-0.1, -0.05) is 36.9 Å². The molecule has 0 aliphatic carbocycles. The molecule has 0 bridgehead atoms. The molecular formula is C18H14Br2N4O2S. The third kappa shape index (κ3) is 3.63. The fourth-order valence-electron chi connectivity index (χ4n) is 2.72. The van der Waals surface area contributed by atoms with Crippen LogP contribution in [0, 0.1) is 0 Å². The molecule has 3 aromatic rings. The average Bonchev–Trinajstić information content (AvgIpc) is 2.82. The van der Waals surface area contributed by atoms with E-state index in [1.165, 1.54) is 11.8 Å². The number of fused-ring (bicyclic) bond motifs is 3. The maximum Gasteiger partial charge on any atom is 0.247 e. The van der Waals surface area contributed by atoms with Crippen LogP contribution < -0.4 is 10.1 Å². The molecule has 2 N–H and O–H groups in total. The molecule has 0 unspecified atom stereocenters. The second kappa shape index (κ2) is 7.65. The molecule has 9 heteroatoms. The topological polar surface area (TPSA) is 80.2 Å². The van der Waals surface area contributed by atoms with Crippen LogP contribution in [0.5, 0.6) is 11.6 Å². The number of hydrogen-bond acceptors (Lipinski definition) is 7. The lowest BCUT2D eigenvalue weighted by Crippen LogP contribution is -2.17. The third-order valence-electron chi connectivity index (χ3n) is 3.95. The van der Waals surface area contributed by atoms with Crippen LogP contribution in [-0.4, -0.2) is 26.0 Å². The lowest BCUT2D eigenvalue weighted by atomic mass is 10.1. The van der Waals surface area contributed by atoms with E-state index in [1.54, 1.807) is 0 Å². The second-order valence-electron chi connectivity index (χ2n) is 5.70. The lowest BCUT2D eigenvalue weighted by molar-refractivity contribution is 0.225. The van der Waals surface area contributed by atoms with Crippen molar-refractivity contribution < 1.29 is 9.84 Å². The van der Waals surface area contributed by atoms with Crippen molar-refractivity contribution >= 4 is 49.3 Å². The molecule has 1 aliphatic rings. The minimum Gasteiger partial charge on any atom is -0.506 e. The number of thioether (sulfide) groups is 1. The number of aromatic nitrogens is 3. The molecule has 4 rings (SSSR count). The summed E-state index contributed by atoms with van der Waals surface area (Å²) in [5, 5.41) is 22.5. The molecule has 0 saturated carbocycles. The second-order valence-corrected chi connectivity index (χ2v) is 8.64. The maximum atomic E-state index is 10.0. The summed E-state index contributed by atoms with van der Waals surface area (Å²) in [6.45, 7) is 2.03. The Morgan fingerprint density at radius 3 is 2.67 bits per heavy atom. The first-order valence-electron chi connectivity index (χ1n) is 8.15. The molecule has 0 saturated heterocycles. The molecule has 1 atom stereocenters. The number of benzene rings is 2. The van der Waals surface area contributed by atoms with Gasteiger partial charge in [0.25, 0.3) is 0 Å². The predicted molar refractivity (Wildman–Crippen MR) is 112 cm³/mol. The van der Waals surface area contributed by atoms with Gasteiger partial charge in [-0.15, -0.1) is 10.2 Å². The number of rotatable bonds is 3. The molecule has 1 aromatic heterocycles. The number of para-hydroxylation sites is 1. The van der Waals surface area contributed by atoms with Crippen molar-refractivity contribution in [1.29, 1.82) is 0 Å². The molecule has 6 nitrogen and oxygen atoms in total. The Morgan fingerprint density at radius 2 is 1.93 bits per heavy atom. The Kier molecular flexibility index (Phi) is 5.25. The first-order valence-corrected chi connectivity index (χ1v) is 10.7. The van der Waals surface area contributed by atoms with Crippen LogP contribution in [0.1, 0.15) is 18.7 Å². The summed E-state index contributed by atoms with van der Waals surface area (Å²) >= 11 is 8.25. The van der Waals surface area contributed by atoms with E-state index in [0.29, 0.717) is 25.7 Å². The fourth-order valence-corrected chi connectivity index (χ4v) is 4.45. The Hall–Kier alpha value is -1.84. The van der Waals surface area contributed by atoms with Gasteiger partial charge in [-0.25, -0.2) is 0 Å². The molecule has 0 radical (unpaired) electrons. The highest BCUT2D eigenvalue weighted by molar-refractivity contribution is 9.11. The zero-order valence-corrected chi connectivity index (χ0v) is 18.1. The SMILES string of the molecule is CCSc1nnc2c(n1)O[C@@H](c1cc(Br)c(O)c(Br)c1)Nc1ccccc1-2. The van der Waals surface area contributed by atoms with E-state index >= 15 is 0 Å². The summed E-state index contributed by atoms with van der Waals surface area (Å²) in [6.07, 6.45) is -0.517. The van der Waals surface area contributed by atoms with Crippen molar-refractivity contribution in [3.8, 4) is 22.9 Å². The summed E-state index contributed by atoms with van der Waals surface area (Å²) in [7, 11) is 0. The normalized spacial score (nSPS) is 15.1. The molecule has 27 heavy (non-hydrogen) atoms. The monoisotopic (exact) mass is 508 g/mol. The molecule has 0 fully saturated rings. The van der Waals surface area contributed by atoms with Crippen LogP contribution >= 0.6 is 43.6 Å². The highest BCUT2D eigenvalue weighted by Gasteiger charge is 2.26. The molecule has 0 spiro atoms. The highest BCUT2D eigenvalue weighted by Crippen LogP contribution is 2.41. The number of aromatic hydroxyl groups is 1. The summed E-state index contributed by atoms with van der Waals surface area (Å²) in [5.41, 5.74) is 3.16. The average molecular weight is 510 g/mol. The predicted octanol–water partition coefficient (Wildman–Crippen LogP) is 5.38. The van der Waals surface area contributed by atoms with Gasteiger partial charge in [0.05, 0.1) is 8.95 Å². The third-order valence-corrected chi connectivity index (χ3v) is 5.88. The Bertz CT molecular complexity index is 995. The summed E-state index contributed by atoms with van der Waals surface area (Å²) in [5.74, 6) is 1.40.